The van der Waals surface area contributed by atoms with Crippen LogP contribution in [0.15, 0.2) is 21.7 Å². The van der Waals surface area contributed by atoms with Crippen LogP contribution >= 0.6 is 15.9 Å². The van der Waals surface area contributed by atoms with Gasteiger partial charge in [-0.2, -0.15) is 4.39 Å². The molecule has 1 atom stereocenters. The summed E-state index contributed by atoms with van der Waals surface area (Å²) in [5.74, 6) is -0.512. The summed E-state index contributed by atoms with van der Waals surface area (Å²) < 4.78 is 19.1. The van der Waals surface area contributed by atoms with Crippen LogP contribution < -0.4 is 5.73 Å². The van der Waals surface area contributed by atoms with Gasteiger partial charge < -0.3 is 10.5 Å². The van der Waals surface area contributed by atoms with Crippen LogP contribution in [-0.4, -0.2) is 17.6 Å². The standard InChI is InChI=1S/C9H9BrFN3O.C2H6/c10-5-3-6(8(11)13-4-5)7-1-2-15-9(12)14-7;1-2/h3-4,7H,1-2H2,(H2,12,14);1-2H3. The second-order valence-electron chi connectivity index (χ2n) is 3.15. The Labute approximate surface area is 108 Å². The summed E-state index contributed by atoms with van der Waals surface area (Å²) in [6.45, 7) is 4.45. The smallest absolute Gasteiger partial charge is 0.282 e. The van der Waals surface area contributed by atoms with Gasteiger partial charge >= 0.3 is 0 Å². The van der Waals surface area contributed by atoms with Gasteiger partial charge in [0.2, 0.25) is 5.95 Å². The number of nitrogens with two attached hydrogens (primary N) is 1. The first-order valence-corrected chi connectivity index (χ1v) is 6.23. The van der Waals surface area contributed by atoms with Crippen molar-refractivity contribution in [3.63, 3.8) is 0 Å². The minimum atomic E-state index is -0.512. The average molecular weight is 304 g/mol. The Bertz CT molecular complexity index is 412. The number of halogens is 2. The summed E-state index contributed by atoms with van der Waals surface area (Å²) >= 11 is 3.24. The molecule has 94 valence electrons. The van der Waals surface area contributed by atoms with Gasteiger partial charge in [0.05, 0.1) is 12.6 Å². The second kappa shape index (κ2) is 6.54. The lowest BCUT2D eigenvalue weighted by Crippen LogP contribution is -2.24. The summed E-state index contributed by atoms with van der Waals surface area (Å²) in [5, 5.41) is 0. The van der Waals surface area contributed by atoms with Crippen molar-refractivity contribution in [1.29, 1.82) is 0 Å². The Kier molecular flexibility index (Phi) is 5.34. The van der Waals surface area contributed by atoms with E-state index in [1.807, 2.05) is 13.8 Å². The SMILES string of the molecule is CC.NC1=NC(c2cc(Br)cnc2F)CCO1. The molecule has 2 heterocycles. The van der Waals surface area contributed by atoms with Crippen LogP contribution in [0.25, 0.3) is 0 Å². The zero-order valence-corrected chi connectivity index (χ0v) is 11.4. The quantitative estimate of drug-likeness (QED) is 0.812. The van der Waals surface area contributed by atoms with E-state index in [1.54, 1.807) is 6.07 Å². The predicted octanol–water partition coefficient (Wildman–Crippen LogP) is 2.79. The Morgan fingerprint density at radius 1 is 1.53 bits per heavy atom. The Morgan fingerprint density at radius 3 is 2.88 bits per heavy atom. The van der Waals surface area contributed by atoms with E-state index in [4.69, 9.17) is 10.5 Å². The molecule has 1 aromatic heterocycles. The fraction of sp³-hybridized carbons (Fsp3) is 0.455. The molecule has 0 fully saturated rings. The number of aliphatic imine (C=N–C) groups is 1. The first kappa shape index (κ1) is 13.9. The number of hydrogen-bond donors (Lipinski definition) is 1. The van der Waals surface area contributed by atoms with Gasteiger partial charge in [-0.05, 0) is 22.0 Å². The van der Waals surface area contributed by atoms with Gasteiger partial charge in [-0.1, -0.05) is 13.8 Å². The Hall–Kier alpha value is -1.17. The molecule has 1 aliphatic heterocycles. The average Bonchev–Trinajstić information content (AvgIpc) is 2.35. The first-order valence-electron chi connectivity index (χ1n) is 5.44. The number of aromatic nitrogens is 1. The molecule has 0 saturated carbocycles. The number of rotatable bonds is 1. The number of amidine groups is 1. The van der Waals surface area contributed by atoms with Crippen molar-refractivity contribution < 1.29 is 9.13 Å². The maximum atomic E-state index is 13.4. The van der Waals surface area contributed by atoms with E-state index in [9.17, 15) is 4.39 Å². The van der Waals surface area contributed by atoms with Gasteiger partial charge in [-0.15, -0.1) is 0 Å². The Morgan fingerprint density at radius 2 is 2.24 bits per heavy atom. The zero-order chi connectivity index (χ0) is 12.8. The van der Waals surface area contributed by atoms with Gasteiger partial charge in [0, 0.05) is 22.7 Å². The molecule has 1 unspecified atom stereocenters. The molecule has 2 N–H and O–H groups in total. The molecule has 1 aromatic rings. The zero-order valence-electron chi connectivity index (χ0n) is 9.78. The highest BCUT2D eigenvalue weighted by Gasteiger charge is 2.20. The lowest BCUT2D eigenvalue weighted by Gasteiger charge is -2.19. The first-order chi connectivity index (χ1) is 8.16. The lowest BCUT2D eigenvalue weighted by molar-refractivity contribution is 0.254. The minimum Gasteiger partial charge on any atom is -0.465 e. The number of nitrogens with zero attached hydrogens (tertiary/aromatic N) is 2. The topological polar surface area (TPSA) is 60.5 Å². The van der Waals surface area contributed by atoms with Crippen LogP contribution in [-0.2, 0) is 4.74 Å². The monoisotopic (exact) mass is 303 g/mol. The van der Waals surface area contributed by atoms with Gasteiger partial charge in [0.1, 0.15) is 0 Å². The minimum absolute atomic E-state index is 0.102. The highest BCUT2D eigenvalue weighted by Crippen LogP contribution is 2.27. The summed E-state index contributed by atoms with van der Waals surface area (Å²) in [5.41, 5.74) is 5.86. The van der Waals surface area contributed by atoms with Crippen molar-refractivity contribution in [2.75, 3.05) is 6.61 Å². The molecule has 0 spiro atoms. The van der Waals surface area contributed by atoms with Crippen molar-refractivity contribution in [2.45, 2.75) is 26.3 Å². The molecule has 1 aliphatic rings. The van der Waals surface area contributed by atoms with E-state index < -0.39 is 5.95 Å². The number of pyridine rings is 1. The van der Waals surface area contributed by atoms with Crippen molar-refractivity contribution in [3.8, 4) is 0 Å². The van der Waals surface area contributed by atoms with Gasteiger partial charge in [-0.3, -0.25) is 0 Å². The second-order valence-corrected chi connectivity index (χ2v) is 4.07. The summed E-state index contributed by atoms with van der Waals surface area (Å²) in [4.78, 5) is 7.64. The molecule has 4 nitrogen and oxygen atoms in total. The summed E-state index contributed by atoms with van der Waals surface area (Å²) in [6.07, 6.45) is 2.01. The maximum Gasteiger partial charge on any atom is 0.282 e. The maximum absolute atomic E-state index is 13.4. The summed E-state index contributed by atoms with van der Waals surface area (Å²) in [6, 6.07) is 1.46. The van der Waals surface area contributed by atoms with Crippen LogP contribution in [0.3, 0.4) is 0 Å². The molecule has 2 rings (SSSR count). The van der Waals surface area contributed by atoms with Crippen molar-refractivity contribution in [3.05, 3.63) is 28.2 Å². The highest BCUT2D eigenvalue weighted by molar-refractivity contribution is 9.10. The number of ether oxygens (including phenoxy) is 1. The lowest BCUT2D eigenvalue weighted by atomic mass is 10.1. The molecular formula is C11H15BrFN3O. The Balaban J connectivity index is 0.000000686. The molecule has 6 heteroatoms. The normalized spacial score (nSPS) is 18.6. The van der Waals surface area contributed by atoms with Crippen LogP contribution in [0, 0.1) is 5.95 Å². The van der Waals surface area contributed by atoms with Gasteiger partial charge in [0.15, 0.2) is 0 Å². The molecule has 0 saturated heterocycles. The molecule has 0 radical (unpaired) electrons. The van der Waals surface area contributed by atoms with Crippen molar-refractivity contribution in [1.82, 2.24) is 4.98 Å². The van der Waals surface area contributed by atoms with Gasteiger partial charge in [-0.25, -0.2) is 9.98 Å². The van der Waals surface area contributed by atoms with Crippen molar-refractivity contribution in [2.24, 2.45) is 10.7 Å². The molecule has 0 aromatic carbocycles. The molecule has 0 amide bonds. The molecular weight excluding hydrogens is 289 g/mol. The van der Waals surface area contributed by atoms with Crippen LogP contribution in [0.1, 0.15) is 31.9 Å². The highest BCUT2D eigenvalue weighted by atomic mass is 79.9. The van der Waals surface area contributed by atoms with E-state index in [-0.39, 0.29) is 12.1 Å². The molecule has 17 heavy (non-hydrogen) atoms. The number of hydrogen-bond acceptors (Lipinski definition) is 4. The van der Waals surface area contributed by atoms with E-state index in [0.29, 0.717) is 18.6 Å². The van der Waals surface area contributed by atoms with E-state index >= 15 is 0 Å². The molecule has 0 bridgehead atoms. The van der Waals surface area contributed by atoms with Crippen LogP contribution in [0.5, 0.6) is 0 Å². The van der Waals surface area contributed by atoms with E-state index in [0.717, 1.165) is 4.47 Å². The third-order valence-electron chi connectivity index (χ3n) is 2.12. The van der Waals surface area contributed by atoms with Crippen molar-refractivity contribution >= 4 is 22.0 Å². The van der Waals surface area contributed by atoms with E-state index in [2.05, 4.69) is 25.9 Å². The molecule has 0 aliphatic carbocycles. The fourth-order valence-electron chi connectivity index (χ4n) is 1.43. The third kappa shape index (κ3) is 3.66. The third-order valence-corrected chi connectivity index (χ3v) is 2.55. The predicted molar refractivity (Wildman–Crippen MR) is 68.2 cm³/mol. The fourth-order valence-corrected chi connectivity index (χ4v) is 1.78. The van der Waals surface area contributed by atoms with E-state index in [1.165, 1.54) is 6.20 Å². The van der Waals surface area contributed by atoms with Crippen LogP contribution in [0.2, 0.25) is 0 Å². The summed E-state index contributed by atoms with van der Waals surface area (Å²) in [7, 11) is 0. The van der Waals surface area contributed by atoms with Gasteiger partial charge in [0.25, 0.3) is 6.02 Å². The van der Waals surface area contributed by atoms with Crippen LogP contribution in [0.4, 0.5) is 4.39 Å². The largest absolute Gasteiger partial charge is 0.465 e.